The lowest BCUT2D eigenvalue weighted by molar-refractivity contribution is -0.117. The van der Waals surface area contributed by atoms with Gasteiger partial charge in [-0.2, -0.15) is 0 Å². The summed E-state index contributed by atoms with van der Waals surface area (Å²) in [7, 11) is 0. The zero-order valence-electron chi connectivity index (χ0n) is 12.0. The number of hydrogen-bond acceptors (Lipinski definition) is 3. The number of rotatable bonds is 9. The van der Waals surface area contributed by atoms with Gasteiger partial charge in [0.15, 0.2) is 0 Å². The fraction of sp³-hybridized carbons (Fsp3) is 0.533. The molecule has 0 aromatic heterocycles. The van der Waals surface area contributed by atoms with Gasteiger partial charge < -0.3 is 14.8 Å². The fourth-order valence-corrected chi connectivity index (χ4v) is 1.80. The molecule has 1 rings (SSSR count). The Morgan fingerprint density at radius 2 is 1.95 bits per heavy atom. The average Bonchev–Trinajstić information content (AvgIpc) is 2.40. The third-order valence-corrected chi connectivity index (χ3v) is 3.23. The van der Waals surface area contributed by atoms with Gasteiger partial charge in [0.25, 0.3) is 0 Å². The summed E-state index contributed by atoms with van der Waals surface area (Å²) in [5, 5.41) is 2.83. The third kappa shape index (κ3) is 7.69. The Bertz CT molecular complexity index is 393. The number of halogens is 1. The first kappa shape index (κ1) is 17.2. The minimum absolute atomic E-state index is 0.0377. The molecule has 0 heterocycles. The molecule has 1 aromatic rings. The maximum Gasteiger partial charge on any atom is 0.226 e. The van der Waals surface area contributed by atoms with Crippen LogP contribution in [0.15, 0.2) is 24.3 Å². The van der Waals surface area contributed by atoms with Gasteiger partial charge in [-0.1, -0.05) is 22.6 Å². The summed E-state index contributed by atoms with van der Waals surface area (Å²) in [6.07, 6.45) is 1.56. The van der Waals surface area contributed by atoms with Crippen LogP contribution in [-0.4, -0.2) is 29.7 Å². The molecule has 0 unspecified atom stereocenters. The number of carbonyl (C=O) groups is 1. The Kier molecular flexibility index (Phi) is 8.60. The van der Waals surface area contributed by atoms with Crippen LogP contribution in [0.3, 0.4) is 0 Å². The normalized spacial score (nSPS) is 10.6. The summed E-state index contributed by atoms with van der Waals surface area (Å²) < 4.78 is 12.0. The number of benzene rings is 1. The van der Waals surface area contributed by atoms with Gasteiger partial charge in [0.1, 0.15) is 5.75 Å². The highest BCUT2D eigenvalue weighted by molar-refractivity contribution is 14.1. The standard InChI is InChI=1S/C15H22INO3/c1-12(2)19-11-8-15(18)17-13-4-6-14(7-5-13)20-10-3-9-16/h4-7,12H,3,8-11H2,1-2H3,(H,17,18). The molecule has 0 fully saturated rings. The summed E-state index contributed by atoms with van der Waals surface area (Å²) in [5.41, 5.74) is 0.779. The minimum Gasteiger partial charge on any atom is -0.494 e. The lowest BCUT2D eigenvalue weighted by atomic mass is 10.3. The van der Waals surface area contributed by atoms with Crippen molar-refractivity contribution in [3.8, 4) is 5.75 Å². The number of hydrogen-bond donors (Lipinski definition) is 1. The minimum atomic E-state index is -0.0377. The molecule has 112 valence electrons. The van der Waals surface area contributed by atoms with E-state index in [2.05, 4.69) is 27.9 Å². The third-order valence-electron chi connectivity index (χ3n) is 2.47. The van der Waals surface area contributed by atoms with E-state index in [4.69, 9.17) is 9.47 Å². The van der Waals surface area contributed by atoms with E-state index in [1.807, 2.05) is 38.1 Å². The zero-order valence-corrected chi connectivity index (χ0v) is 14.2. The molecule has 0 bridgehead atoms. The van der Waals surface area contributed by atoms with Crippen LogP contribution in [-0.2, 0) is 9.53 Å². The molecule has 1 N–H and O–H groups in total. The maximum absolute atomic E-state index is 11.7. The van der Waals surface area contributed by atoms with Crippen molar-refractivity contribution in [2.24, 2.45) is 0 Å². The molecule has 20 heavy (non-hydrogen) atoms. The summed E-state index contributed by atoms with van der Waals surface area (Å²) in [4.78, 5) is 11.7. The second-order valence-electron chi connectivity index (χ2n) is 4.63. The van der Waals surface area contributed by atoms with Crippen molar-refractivity contribution in [3.63, 3.8) is 0 Å². The molecule has 1 aromatic carbocycles. The van der Waals surface area contributed by atoms with Crippen molar-refractivity contribution >= 4 is 34.2 Å². The van der Waals surface area contributed by atoms with Gasteiger partial charge in [0.2, 0.25) is 5.91 Å². The molecule has 0 saturated heterocycles. The first-order valence-electron chi connectivity index (χ1n) is 6.82. The highest BCUT2D eigenvalue weighted by Crippen LogP contribution is 2.16. The zero-order chi connectivity index (χ0) is 14.8. The molecular formula is C15H22INO3. The summed E-state index contributed by atoms with van der Waals surface area (Å²) in [6, 6.07) is 7.43. The van der Waals surface area contributed by atoms with Crippen LogP contribution >= 0.6 is 22.6 Å². The second-order valence-corrected chi connectivity index (χ2v) is 5.71. The lowest BCUT2D eigenvalue weighted by Crippen LogP contribution is -2.15. The van der Waals surface area contributed by atoms with Crippen molar-refractivity contribution in [2.45, 2.75) is 32.8 Å². The van der Waals surface area contributed by atoms with Gasteiger partial charge in [-0.15, -0.1) is 0 Å². The molecule has 0 spiro atoms. The Balaban J connectivity index is 2.31. The van der Waals surface area contributed by atoms with Crippen LogP contribution in [0, 0.1) is 0 Å². The number of carbonyl (C=O) groups excluding carboxylic acids is 1. The summed E-state index contributed by atoms with van der Waals surface area (Å²) >= 11 is 2.33. The Morgan fingerprint density at radius 3 is 2.55 bits per heavy atom. The highest BCUT2D eigenvalue weighted by Gasteiger charge is 2.03. The van der Waals surface area contributed by atoms with Gasteiger partial charge in [0.05, 0.1) is 25.7 Å². The Labute approximate surface area is 134 Å². The molecule has 5 heteroatoms. The molecular weight excluding hydrogens is 369 g/mol. The van der Waals surface area contributed by atoms with Crippen LogP contribution in [0.5, 0.6) is 5.75 Å². The Morgan fingerprint density at radius 1 is 1.25 bits per heavy atom. The quantitative estimate of drug-likeness (QED) is 0.397. The molecule has 0 aliphatic heterocycles. The van der Waals surface area contributed by atoms with E-state index in [9.17, 15) is 4.79 Å². The average molecular weight is 391 g/mol. The molecule has 4 nitrogen and oxygen atoms in total. The second kappa shape index (κ2) is 9.99. The Hall–Kier alpha value is -0.820. The van der Waals surface area contributed by atoms with Crippen LogP contribution < -0.4 is 10.1 Å². The van der Waals surface area contributed by atoms with E-state index in [0.29, 0.717) is 13.0 Å². The van der Waals surface area contributed by atoms with Crippen LogP contribution in [0.4, 0.5) is 5.69 Å². The first-order chi connectivity index (χ1) is 9.61. The van der Waals surface area contributed by atoms with Gasteiger partial charge in [-0.3, -0.25) is 4.79 Å². The number of amides is 1. The molecule has 0 radical (unpaired) electrons. The smallest absolute Gasteiger partial charge is 0.226 e. The molecule has 0 aliphatic rings. The van der Waals surface area contributed by atoms with E-state index >= 15 is 0 Å². The van der Waals surface area contributed by atoms with Crippen molar-refractivity contribution in [1.29, 1.82) is 0 Å². The van der Waals surface area contributed by atoms with Crippen LogP contribution in [0.2, 0.25) is 0 Å². The van der Waals surface area contributed by atoms with Crippen molar-refractivity contribution in [1.82, 2.24) is 0 Å². The number of nitrogens with one attached hydrogen (secondary N) is 1. The monoisotopic (exact) mass is 391 g/mol. The predicted octanol–water partition coefficient (Wildman–Crippen LogP) is 3.64. The number of anilines is 1. The largest absolute Gasteiger partial charge is 0.494 e. The fourth-order valence-electron chi connectivity index (χ4n) is 1.49. The van der Waals surface area contributed by atoms with Crippen molar-refractivity contribution < 1.29 is 14.3 Å². The summed E-state index contributed by atoms with van der Waals surface area (Å²) in [5.74, 6) is 0.792. The van der Waals surface area contributed by atoms with E-state index in [1.54, 1.807) is 0 Å². The molecule has 0 saturated carbocycles. The van der Waals surface area contributed by atoms with Gasteiger partial charge in [0, 0.05) is 10.1 Å². The lowest BCUT2D eigenvalue weighted by Gasteiger charge is -2.09. The van der Waals surface area contributed by atoms with Crippen molar-refractivity contribution in [3.05, 3.63) is 24.3 Å². The molecule has 1 amide bonds. The van der Waals surface area contributed by atoms with E-state index in [1.165, 1.54) is 0 Å². The van der Waals surface area contributed by atoms with E-state index in [-0.39, 0.29) is 12.0 Å². The van der Waals surface area contributed by atoms with Crippen LogP contribution in [0.1, 0.15) is 26.7 Å². The highest BCUT2D eigenvalue weighted by atomic mass is 127. The van der Waals surface area contributed by atoms with Crippen LogP contribution in [0.25, 0.3) is 0 Å². The first-order valence-corrected chi connectivity index (χ1v) is 8.34. The van der Waals surface area contributed by atoms with Gasteiger partial charge in [-0.25, -0.2) is 0 Å². The predicted molar refractivity (Wildman–Crippen MR) is 89.8 cm³/mol. The molecule has 0 atom stereocenters. The van der Waals surface area contributed by atoms with Gasteiger partial charge >= 0.3 is 0 Å². The SMILES string of the molecule is CC(C)OCCC(=O)Nc1ccc(OCCCI)cc1. The van der Waals surface area contributed by atoms with E-state index < -0.39 is 0 Å². The molecule has 0 aliphatic carbocycles. The topological polar surface area (TPSA) is 47.6 Å². The van der Waals surface area contributed by atoms with E-state index in [0.717, 1.165) is 28.9 Å². The maximum atomic E-state index is 11.7. The summed E-state index contributed by atoms with van der Waals surface area (Å²) in [6.45, 7) is 5.07. The number of alkyl halides is 1. The van der Waals surface area contributed by atoms with Gasteiger partial charge in [-0.05, 0) is 44.5 Å². The van der Waals surface area contributed by atoms with Crippen molar-refractivity contribution in [2.75, 3.05) is 23.0 Å². The number of ether oxygens (including phenoxy) is 2.